The zero-order chi connectivity index (χ0) is 26.2. The average molecular weight is 600 g/mol. The molecule has 2 aromatic heterocycles. The molecule has 0 fully saturated rings. The van der Waals surface area contributed by atoms with E-state index in [9.17, 15) is 50.4 Å². The molecule has 4 N–H and O–H groups in total. The summed E-state index contributed by atoms with van der Waals surface area (Å²) in [6, 6.07) is 0. The molecule has 0 bridgehead atoms. The zero-order valence-electron chi connectivity index (χ0n) is 16.0. The molecule has 1 radical (unpaired) electrons. The Morgan fingerprint density at radius 3 is 1.00 bits per heavy atom. The van der Waals surface area contributed by atoms with Gasteiger partial charge in [0.2, 0.25) is 0 Å². The fourth-order valence-corrected chi connectivity index (χ4v) is 1.34. The van der Waals surface area contributed by atoms with E-state index in [0.717, 1.165) is 11.6 Å². The van der Waals surface area contributed by atoms with Gasteiger partial charge in [0.1, 0.15) is 11.6 Å². The molecule has 0 aliphatic rings. The molecule has 201 valence electrons. The molecule has 21 heteroatoms. The van der Waals surface area contributed by atoms with E-state index in [0.29, 0.717) is 13.1 Å². The van der Waals surface area contributed by atoms with Gasteiger partial charge in [0.15, 0.2) is 0 Å². The monoisotopic (exact) mass is 599 g/mol. The third kappa shape index (κ3) is 35.1. The second-order valence-corrected chi connectivity index (χ2v) is 9.02. The van der Waals surface area contributed by atoms with Gasteiger partial charge in [-0.15, -0.1) is 0 Å². The van der Waals surface area contributed by atoms with Gasteiger partial charge in [0.25, 0.3) is 0 Å². The smallest absolute Gasteiger partial charge is 2.00 e. The minimum absolute atomic E-state index is 0. The molecule has 0 amide bonds. The molecule has 33 heavy (non-hydrogen) atoms. The third-order valence-corrected chi connectivity index (χ3v) is 2.26. The van der Waals surface area contributed by atoms with Crippen molar-refractivity contribution >= 4 is 28.0 Å². The van der Waals surface area contributed by atoms with E-state index in [1.807, 2.05) is 12.4 Å². The van der Waals surface area contributed by atoms with Crippen LogP contribution in [0.4, 0.5) is 50.4 Å². The maximum Gasteiger partial charge on any atom is 2.00 e. The van der Waals surface area contributed by atoms with E-state index in [-0.39, 0.29) is 17.1 Å². The van der Waals surface area contributed by atoms with Crippen LogP contribution < -0.4 is 11.5 Å². The van der Waals surface area contributed by atoms with Gasteiger partial charge in [-0.1, -0.05) is 13.2 Å². The fraction of sp³-hybridized carbons (Fsp3) is 0.167. The molecule has 2 rings (SSSR count). The Balaban J connectivity index is -0.000000363. The molecule has 0 saturated carbocycles. The molecule has 0 aliphatic carbocycles. The van der Waals surface area contributed by atoms with Crippen LogP contribution in [0.3, 0.4) is 0 Å². The molecule has 2 aromatic rings. The number of hydrogen-bond acceptors (Lipinski definition) is 4. The Morgan fingerprint density at radius 1 is 0.667 bits per heavy atom. The predicted octanol–water partition coefficient (Wildman–Crippen LogP) is 7.65. The van der Waals surface area contributed by atoms with Crippen molar-refractivity contribution in [1.82, 2.24) is 19.1 Å². The first kappa shape index (κ1) is 35.9. The minimum atomic E-state index is -10.7. The van der Waals surface area contributed by atoms with Crippen LogP contribution >= 0.6 is 15.6 Å². The van der Waals surface area contributed by atoms with Crippen LogP contribution in [0.25, 0.3) is 12.4 Å². The van der Waals surface area contributed by atoms with Crippen LogP contribution in [0.2, 0.25) is 0 Å². The van der Waals surface area contributed by atoms with E-state index in [1.54, 1.807) is 33.9 Å². The Hall–Kier alpha value is -1.64. The number of nitrogens with two attached hydrogens (primary N) is 2. The van der Waals surface area contributed by atoms with Crippen LogP contribution in [-0.2, 0) is 30.2 Å². The maximum absolute atomic E-state index is 10.7. The van der Waals surface area contributed by atoms with Gasteiger partial charge in [-0.3, -0.25) is 0 Å². The first-order valence-electron chi connectivity index (χ1n) is 7.48. The van der Waals surface area contributed by atoms with Gasteiger partial charge in [-0.05, 0) is 0 Å². The van der Waals surface area contributed by atoms with Gasteiger partial charge < -0.3 is 20.6 Å². The van der Waals surface area contributed by atoms with E-state index < -0.39 is 15.6 Å². The molecule has 0 spiro atoms. The predicted molar refractivity (Wildman–Crippen MR) is 100 cm³/mol. The van der Waals surface area contributed by atoms with E-state index in [2.05, 4.69) is 23.1 Å². The van der Waals surface area contributed by atoms with E-state index >= 15 is 0 Å². The van der Waals surface area contributed by atoms with Crippen LogP contribution in [0.5, 0.6) is 0 Å². The second-order valence-electron chi connectivity index (χ2n) is 5.19. The average Bonchev–Trinajstić information content (AvgIpc) is 3.17. The number of nitrogens with zero attached hydrogens (tertiary/aromatic N) is 4. The van der Waals surface area contributed by atoms with Crippen molar-refractivity contribution in [2.24, 2.45) is 11.5 Å². The summed E-state index contributed by atoms with van der Waals surface area (Å²) in [7, 11) is -21.3. The molecular formula is C12H18CuF12N6P2. The Morgan fingerprint density at radius 2 is 0.879 bits per heavy atom. The van der Waals surface area contributed by atoms with Crippen molar-refractivity contribution in [1.29, 1.82) is 0 Å². The van der Waals surface area contributed by atoms with Crippen molar-refractivity contribution in [3.63, 3.8) is 0 Å². The fourth-order valence-electron chi connectivity index (χ4n) is 1.34. The number of halogens is 12. The largest absolute Gasteiger partial charge is 2.00 e. The summed E-state index contributed by atoms with van der Waals surface area (Å²) in [5.74, 6) is 1.68. The Bertz CT molecular complexity index is 791. The van der Waals surface area contributed by atoms with Gasteiger partial charge in [-0.25, -0.2) is 9.97 Å². The molecule has 0 aliphatic heterocycles. The van der Waals surface area contributed by atoms with Crippen molar-refractivity contribution in [2.75, 3.05) is 0 Å². The van der Waals surface area contributed by atoms with Gasteiger partial charge in [0.05, 0.1) is 13.1 Å². The number of aromatic nitrogens is 4. The first-order valence-corrected chi connectivity index (χ1v) is 11.5. The summed E-state index contributed by atoms with van der Waals surface area (Å²) in [6.45, 7) is 8.07. The standard InChI is InChI=1S/2C6H9N3.Cu.2F6P/c2*1-2-9-4-3-8-6(9)5-7;;2*1-7(2,3,4,5)6/h2*2-4H,1,5,7H2;;;/q;;+2;2*-1. The molecule has 6 nitrogen and oxygen atoms in total. The summed E-state index contributed by atoms with van der Waals surface area (Å²) in [5.41, 5.74) is 10.7. The van der Waals surface area contributed by atoms with Crippen LogP contribution in [0, 0.1) is 0 Å². The van der Waals surface area contributed by atoms with Crippen molar-refractivity contribution in [3.05, 3.63) is 49.6 Å². The number of rotatable bonds is 4. The van der Waals surface area contributed by atoms with Gasteiger partial charge in [-0.2, -0.15) is 0 Å². The quantitative estimate of drug-likeness (QED) is 0.215. The van der Waals surface area contributed by atoms with Crippen LogP contribution in [-0.4, -0.2) is 19.1 Å². The Kier molecular flexibility index (Phi) is 11.2. The molecule has 0 saturated heterocycles. The number of hydrogen-bond donors (Lipinski definition) is 2. The van der Waals surface area contributed by atoms with E-state index in [1.165, 1.54) is 0 Å². The SMILES string of the molecule is C=Cn1ccnc1CN.C=Cn1ccnc1CN.F[P-](F)(F)(F)(F)F.F[P-](F)(F)(F)(F)F.[Cu+2]. The molecule has 0 unspecified atom stereocenters. The van der Waals surface area contributed by atoms with Gasteiger partial charge in [0, 0.05) is 37.2 Å². The van der Waals surface area contributed by atoms with Crippen molar-refractivity contribution in [3.8, 4) is 0 Å². The summed E-state index contributed by atoms with van der Waals surface area (Å²) in [4.78, 5) is 7.94. The summed E-state index contributed by atoms with van der Waals surface area (Å²) < 4.78 is 122. The molecule has 0 atom stereocenters. The van der Waals surface area contributed by atoms with E-state index in [4.69, 9.17) is 11.5 Å². The Labute approximate surface area is 189 Å². The minimum Gasteiger partial charge on any atom is 2.00 e. The van der Waals surface area contributed by atoms with Crippen molar-refractivity contribution < 1.29 is 67.4 Å². The molecular weight excluding hydrogens is 582 g/mol. The first-order chi connectivity index (χ1) is 13.7. The van der Waals surface area contributed by atoms with Crippen molar-refractivity contribution in [2.45, 2.75) is 13.1 Å². The topological polar surface area (TPSA) is 87.7 Å². The third-order valence-electron chi connectivity index (χ3n) is 2.26. The second kappa shape index (κ2) is 10.3. The van der Waals surface area contributed by atoms with Crippen LogP contribution in [0.1, 0.15) is 11.6 Å². The maximum atomic E-state index is 9.87. The number of imidazole rings is 2. The summed E-state index contributed by atoms with van der Waals surface area (Å²) >= 11 is 0. The van der Waals surface area contributed by atoms with Gasteiger partial charge >= 0.3 is 83.0 Å². The normalized spacial score (nSPS) is 15.0. The molecule has 2 heterocycles. The molecule has 0 aromatic carbocycles. The summed E-state index contributed by atoms with van der Waals surface area (Å²) in [6.07, 6.45) is 10.4. The van der Waals surface area contributed by atoms with Crippen LogP contribution in [0.15, 0.2) is 37.9 Å². The zero-order valence-corrected chi connectivity index (χ0v) is 18.7. The summed E-state index contributed by atoms with van der Waals surface area (Å²) in [5, 5.41) is 0.